The van der Waals surface area contributed by atoms with Crippen LogP contribution in [-0.4, -0.2) is 26.8 Å². The number of tetrazole rings is 1. The molecule has 0 saturated carbocycles. The van der Waals surface area contributed by atoms with Crippen LogP contribution in [0.3, 0.4) is 0 Å². The molecule has 4 aromatic rings. The molecule has 6 heteroatoms. The molecule has 36 heavy (non-hydrogen) atoms. The van der Waals surface area contributed by atoms with Gasteiger partial charge in [0.15, 0.2) is 5.82 Å². The van der Waals surface area contributed by atoms with Gasteiger partial charge < -0.3 is 5.32 Å². The molecule has 1 heterocycles. The Labute approximate surface area is 214 Å². The Kier molecular flexibility index (Phi) is 8.59. The maximum absolute atomic E-state index is 10.1. The third-order valence-corrected chi connectivity index (χ3v) is 7.05. The lowest BCUT2D eigenvalue weighted by Crippen LogP contribution is -2.32. The lowest BCUT2D eigenvalue weighted by atomic mass is 9.70. The van der Waals surface area contributed by atoms with Crippen LogP contribution in [0, 0.1) is 17.2 Å². The van der Waals surface area contributed by atoms with E-state index in [0.717, 1.165) is 30.8 Å². The largest absolute Gasteiger partial charge is 0.310 e. The van der Waals surface area contributed by atoms with E-state index in [1.54, 1.807) is 0 Å². The van der Waals surface area contributed by atoms with Gasteiger partial charge in [0.1, 0.15) is 0 Å². The first-order valence-corrected chi connectivity index (χ1v) is 12.7. The van der Waals surface area contributed by atoms with E-state index in [4.69, 9.17) is 0 Å². The van der Waals surface area contributed by atoms with Gasteiger partial charge >= 0.3 is 0 Å². The summed E-state index contributed by atoms with van der Waals surface area (Å²) in [5, 5.41) is 26.1. The second-order valence-electron chi connectivity index (χ2n) is 9.54. The Balaban J connectivity index is 1.38. The molecule has 0 bridgehead atoms. The average Bonchev–Trinajstić information content (AvgIpc) is 3.37. The number of hydrogen-bond acceptors (Lipinski definition) is 5. The zero-order chi connectivity index (χ0) is 25.2. The van der Waals surface area contributed by atoms with Crippen molar-refractivity contribution in [2.45, 2.75) is 51.1 Å². The van der Waals surface area contributed by atoms with Gasteiger partial charge in [-0.3, -0.25) is 0 Å². The highest BCUT2D eigenvalue weighted by Crippen LogP contribution is 2.36. The molecule has 0 spiro atoms. The maximum atomic E-state index is 10.1. The van der Waals surface area contributed by atoms with E-state index in [1.165, 1.54) is 11.1 Å². The van der Waals surface area contributed by atoms with Crippen molar-refractivity contribution in [1.29, 1.82) is 5.26 Å². The molecule has 0 aliphatic carbocycles. The van der Waals surface area contributed by atoms with Crippen LogP contribution in [0.5, 0.6) is 0 Å². The van der Waals surface area contributed by atoms with Crippen LogP contribution in [0.2, 0.25) is 0 Å². The Morgan fingerprint density at radius 2 is 1.47 bits per heavy atom. The molecule has 6 nitrogen and oxygen atoms in total. The van der Waals surface area contributed by atoms with Crippen molar-refractivity contribution in [3.8, 4) is 6.07 Å². The summed E-state index contributed by atoms with van der Waals surface area (Å²) in [5.41, 5.74) is 3.09. The summed E-state index contributed by atoms with van der Waals surface area (Å²) in [6.07, 6.45) is 1.69. The van der Waals surface area contributed by atoms with Crippen molar-refractivity contribution in [2.75, 3.05) is 6.54 Å². The fourth-order valence-corrected chi connectivity index (χ4v) is 4.88. The fraction of sp³-hybridized carbons (Fsp3) is 0.333. The molecule has 0 aliphatic rings. The highest BCUT2D eigenvalue weighted by Gasteiger charge is 2.35. The van der Waals surface area contributed by atoms with Gasteiger partial charge in [-0.2, -0.15) is 5.26 Å². The summed E-state index contributed by atoms with van der Waals surface area (Å²) in [5.74, 6) is 1.19. The van der Waals surface area contributed by atoms with Gasteiger partial charge in [-0.15, -0.1) is 5.10 Å². The van der Waals surface area contributed by atoms with Crippen molar-refractivity contribution in [3.63, 3.8) is 0 Å². The van der Waals surface area contributed by atoms with Gasteiger partial charge in [0.25, 0.3) is 0 Å². The van der Waals surface area contributed by atoms with Crippen molar-refractivity contribution < 1.29 is 0 Å². The van der Waals surface area contributed by atoms with E-state index >= 15 is 0 Å². The van der Waals surface area contributed by atoms with Crippen LogP contribution in [0.1, 0.15) is 55.1 Å². The Morgan fingerprint density at radius 1 is 0.889 bits per heavy atom. The van der Waals surface area contributed by atoms with Crippen molar-refractivity contribution >= 4 is 0 Å². The Hall–Kier alpha value is -3.82. The lowest BCUT2D eigenvalue weighted by Gasteiger charge is -2.31. The van der Waals surface area contributed by atoms with Gasteiger partial charge in [-0.1, -0.05) is 105 Å². The van der Waals surface area contributed by atoms with Crippen LogP contribution in [0.25, 0.3) is 0 Å². The summed E-state index contributed by atoms with van der Waals surface area (Å²) >= 11 is 0. The molecule has 1 atom stereocenters. The first-order valence-electron chi connectivity index (χ1n) is 12.7. The molecule has 0 saturated heterocycles. The van der Waals surface area contributed by atoms with E-state index in [9.17, 15) is 5.26 Å². The third kappa shape index (κ3) is 5.87. The monoisotopic (exact) mass is 478 g/mol. The molecule has 1 aromatic heterocycles. The summed E-state index contributed by atoms with van der Waals surface area (Å²) in [6.45, 7) is 6.30. The first kappa shape index (κ1) is 25.3. The lowest BCUT2D eigenvalue weighted by molar-refractivity contribution is 0.355. The zero-order valence-electron chi connectivity index (χ0n) is 21.1. The normalized spacial score (nSPS) is 13.0. The minimum absolute atomic E-state index is 0.155. The van der Waals surface area contributed by atoms with Crippen LogP contribution in [-0.2, 0) is 18.5 Å². The molecular formula is C30H34N6. The Morgan fingerprint density at radius 3 is 2.03 bits per heavy atom. The quantitative estimate of drug-likeness (QED) is 0.272. The second kappa shape index (κ2) is 12.2. The van der Waals surface area contributed by atoms with Crippen molar-refractivity contribution in [1.82, 2.24) is 25.5 Å². The smallest absolute Gasteiger partial charge is 0.165 e. The minimum Gasteiger partial charge on any atom is -0.310 e. The number of benzene rings is 3. The third-order valence-electron chi connectivity index (χ3n) is 7.05. The molecule has 184 valence electrons. The minimum atomic E-state index is -0.483. The van der Waals surface area contributed by atoms with Crippen LogP contribution in [0.15, 0.2) is 91.0 Å². The summed E-state index contributed by atoms with van der Waals surface area (Å²) in [6, 6.07) is 33.8. The van der Waals surface area contributed by atoms with E-state index in [2.05, 4.69) is 101 Å². The van der Waals surface area contributed by atoms with Gasteiger partial charge in [0.05, 0.1) is 24.6 Å². The van der Waals surface area contributed by atoms with E-state index in [0.29, 0.717) is 13.1 Å². The zero-order valence-corrected chi connectivity index (χ0v) is 21.1. The van der Waals surface area contributed by atoms with Gasteiger partial charge in [-0.25, -0.2) is 4.68 Å². The van der Waals surface area contributed by atoms with E-state index in [1.807, 2.05) is 35.0 Å². The SMILES string of the molecule is CC(C)C(C#N)(CCCNCc1nnnn1CC(c1ccccc1)c1ccccc1)c1ccccc1. The fourth-order valence-electron chi connectivity index (χ4n) is 4.88. The van der Waals surface area contributed by atoms with Crippen LogP contribution in [0.4, 0.5) is 0 Å². The van der Waals surface area contributed by atoms with E-state index < -0.39 is 5.41 Å². The number of aromatic nitrogens is 4. The van der Waals surface area contributed by atoms with Crippen LogP contribution >= 0.6 is 0 Å². The molecular weight excluding hydrogens is 444 g/mol. The van der Waals surface area contributed by atoms with Gasteiger partial charge in [0.2, 0.25) is 0 Å². The molecule has 0 radical (unpaired) electrons. The highest BCUT2D eigenvalue weighted by atomic mass is 15.5. The number of nitrogens with zero attached hydrogens (tertiary/aromatic N) is 5. The predicted octanol–water partition coefficient (Wildman–Crippen LogP) is 5.49. The molecule has 0 aliphatic heterocycles. The summed E-state index contributed by atoms with van der Waals surface area (Å²) in [4.78, 5) is 0. The molecule has 0 amide bonds. The van der Waals surface area contributed by atoms with Gasteiger partial charge in [-0.05, 0) is 52.4 Å². The molecule has 1 unspecified atom stereocenters. The number of hydrogen-bond donors (Lipinski definition) is 1. The van der Waals surface area contributed by atoms with Crippen molar-refractivity contribution in [3.05, 3.63) is 114 Å². The number of nitriles is 1. The number of rotatable bonds is 12. The van der Waals surface area contributed by atoms with Crippen molar-refractivity contribution in [2.24, 2.45) is 5.92 Å². The molecule has 3 aromatic carbocycles. The molecule has 1 N–H and O–H groups in total. The van der Waals surface area contributed by atoms with Gasteiger partial charge in [0, 0.05) is 5.92 Å². The predicted molar refractivity (Wildman–Crippen MR) is 142 cm³/mol. The first-order chi connectivity index (χ1) is 17.6. The topological polar surface area (TPSA) is 79.4 Å². The second-order valence-corrected chi connectivity index (χ2v) is 9.54. The highest BCUT2D eigenvalue weighted by molar-refractivity contribution is 5.33. The molecule has 4 rings (SSSR count). The number of nitrogens with one attached hydrogen (secondary N) is 1. The standard InChI is InChI=1S/C30H34N6/c1-24(2)30(23-31,27-17-10-5-11-18-27)19-12-20-32-21-29-33-34-35-36(29)22-28(25-13-6-3-7-14-25)26-15-8-4-9-16-26/h3-11,13-18,24,28,32H,12,19-22H2,1-2H3. The van der Waals surface area contributed by atoms with Crippen LogP contribution < -0.4 is 5.32 Å². The van der Waals surface area contributed by atoms with E-state index in [-0.39, 0.29) is 11.8 Å². The maximum Gasteiger partial charge on any atom is 0.165 e. The Bertz CT molecular complexity index is 1190. The average molecular weight is 479 g/mol. The summed E-state index contributed by atoms with van der Waals surface area (Å²) in [7, 11) is 0. The summed E-state index contributed by atoms with van der Waals surface area (Å²) < 4.78 is 1.90. The molecule has 0 fully saturated rings.